The van der Waals surface area contributed by atoms with Crippen molar-refractivity contribution in [1.82, 2.24) is 0 Å². The SMILES string of the molecule is Cc1ccc(OCC(O)CNc2ccc(F)cc2C)cc1. The van der Waals surface area contributed by atoms with E-state index >= 15 is 0 Å². The van der Waals surface area contributed by atoms with Gasteiger partial charge in [-0.25, -0.2) is 4.39 Å². The number of anilines is 1. The molecular weight excluding hydrogens is 269 g/mol. The first kappa shape index (κ1) is 15.3. The van der Waals surface area contributed by atoms with Gasteiger partial charge in [-0.15, -0.1) is 0 Å². The van der Waals surface area contributed by atoms with E-state index in [1.54, 1.807) is 6.07 Å². The maximum atomic E-state index is 13.0. The number of nitrogens with one attached hydrogen (secondary N) is 1. The maximum absolute atomic E-state index is 13.0. The molecule has 0 saturated carbocycles. The average Bonchev–Trinajstić information content (AvgIpc) is 2.46. The molecule has 112 valence electrons. The zero-order chi connectivity index (χ0) is 15.2. The van der Waals surface area contributed by atoms with E-state index < -0.39 is 6.10 Å². The topological polar surface area (TPSA) is 41.5 Å². The van der Waals surface area contributed by atoms with Crippen LogP contribution < -0.4 is 10.1 Å². The lowest BCUT2D eigenvalue weighted by Crippen LogP contribution is -2.26. The summed E-state index contributed by atoms with van der Waals surface area (Å²) in [5.41, 5.74) is 2.78. The minimum atomic E-state index is -0.643. The minimum absolute atomic E-state index is 0.205. The van der Waals surface area contributed by atoms with Crippen LogP contribution in [0.25, 0.3) is 0 Å². The summed E-state index contributed by atoms with van der Waals surface area (Å²) in [5.74, 6) is 0.471. The van der Waals surface area contributed by atoms with Crippen LogP contribution in [0.3, 0.4) is 0 Å². The Balaban J connectivity index is 1.79. The summed E-state index contributed by atoms with van der Waals surface area (Å²) in [6.45, 7) is 4.38. The largest absolute Gasteiger partial charge is 0.491 e. The molecule has 2 N–H and O–H groups in total. The molecule has 3 nitrogen and oxygen atoms in total. The Morgan fingerprint density at radius 2 is 1.86 bits per heavy atom. The second-order valence-electron chi connectivity index (χ2n) is 5.12. The number of halogens is 1. The fourth-order valence-electron chi connectivity index (χ4n) is 1.94. The number of rotatable bonds is 6. The molecule has 0 amide bonds. The summed E-state index contributed by atoms with van der Waals surface area (Å²) in [7, 11) is 0. The van der Waals surface area contributed by atoms with Gasteiger partial charge in [-0.05, 0) is 49.7 Å². The summed E-state index contributed by atoms with van der Waals surface area (Å²) >= 11 is 0. The maximum Gasteiger partial charge on any atom is 0.123 e. The second-order valence-corrected chi connectivity index (χ2v) is 5.12. The molecule has 0 aliphatic heterocycles. The van der Waals surface area contributed by atoms with Gasteiger partial charge in [-0.3, -0.25) is 0 Å². The molecule has 21 heavy (non-hydrogen) atoms. The molecule has 1 unspecified atom stereocenters. The van der Waals surface area contributed by atoms with Crippen LogP contribution >= 0.6 is 0 Å². The van der Waals surface area contributed by atoms with Gasteiger partial charge in [0.15, 0.2) is 0 Å². The van der Waals surface area contributed by atoms with Crippen molar-refractivity contribution < 1.29 is 14.2 Å². The molecule has 1 atom stereocenters. The quantitative estimate of drug-likeness (QED) is 0.857. The lowest BCUT2D eigenvalue weighted by Gasteiger charge is -2.15. The molecule has 0 heterocycles. The molecule has 0 spiro atoms. The highest BCUT2D eigenvalue weighted by Gasteiger charge is 2.07. The summed E-state index contributed by atoms with van der Waals surface area (Å²) in [6, 6.07) is 12.2. The normalized spacial score (nSPS) is 12.0. The third-order valence-electron chi connectivity index (χ3n) is 3.18. The summed E-state index contributed by atoms with van der Waals surface area (Å²) < 4.78 is 18.5. The fourth-order valence-corrected chi connectivity index (χ4v) is 1.94. The van der Waals surface area contributed by atoms with Gasteiger partial charge in [-0.2, -0.15) is 0 Å². The number of hydrogen-bond acceptors (Lipinski definition) is 3. The van der Waals surface area contributed by atoms with E-state index in [-0.39, 0.29) is 12.4 Å². The third kappa shape index (κ3) is 4.76. The summed E-state index contributed by atoms with van der Waals surface area (Å²) in [6.07, 6.45) is -0.643. The molecule has 0 radical (unpaired) electrons. The molecule has 0 bridgehead atoms. The molecule has 0 aliphatic carbocycles. The standard InChI is InChI=1S/C17H20FNO2/c1-12-3-6-16(7-4-12)21-11-15(20)10-19-17-8-5-14(18)9-13(17)2/h3-9,15,19-20H,10-11H2,1-2H3. The van der Waals surface area contributed by atoms with E-state index in [1.165, 1.54) is 12.1 Å². The molecule has 2 aromatic carbocycles. The van der Waals surface area contributed by atoms with Crippen LogP contribution in [0.4, 0.5) is 10.1 Å². The predicted octanol–water partition coefficient (Wildman–Crippen LogP) is 3.29. The van der Waals surface area contributed by atoms with Gasteiger partial charge in [0, 0.05) is 12.2 Å². The van der Waals surface area contributed by atoms with E-state index in [2.05, 4.69) is 5.32 Å². The van der Waals surface area contributed by atoms with Crippen molar-refractivity contribution in [2.24, 2.45) is 0 Å². The van der Waals surface area contributed by atoms with Gasteiger partial charge in [0.25, 0.3) is 0 Å². The van der Waals surface area contributed by atoms with Gasteiger partial charge in [0.2, 0.25) is 0 Å². The smallest absolute Gasteiger partial charge is 0.123 e. The lowest BCUT2D eigenvalue weighted by molar-refractivity contribution is 0.117. The number of aliphatic hydroxyl groups is 1. The Hall–Kier alpha value is -2.07. The molecule has 0 aromatic heterocycles. The van der Waals surface area contributed by atoms with Crippen molar-refractivity contribution in [3.8, 4) is 5.75 Å². The van der Waals surface area contributed by atoms with Crippen LogP contribution in [0.5, 0.6) is 5.75 Å². The predicted molar refractivity (Wildman–Crippen MR) is 82.3 cm³/mol. The average molecular weight is 289 g/mol. The van der Waals surface area contributed by atoms with Crippen LogP contribution in [0.2, 0.25) is 0 Å². The number of hydrogen-bond donors (Lipinski definition) is 2. The molecule has 0 aliphatic rings. The van der Waals surface area contributed by atoms with E-state index in [9.17, 15) is 9.50 Å². The van der Waals surface area contributed by atoms with Gasteiger partial charge in [0.1, 0.15) is 24.3 Å². The fraction of sp³-hybridized carbons (Fsp3) is 0.294. The molecule has 0 fully saturated rings. The zero-order valence-corrected chi connectivity index (χ0v) is 12.3. The number of aryl methyl sites for hydroxylation is 2. The first-order valence-electron chi connectivity index (χ1n) is 6.92. The summed E-state index contributed by atoms with van der Waals surface area (Å²) in [5, 5.41) is 13.0. The summed E-state index contributed by atoms with van der Waals surface area (Å²) in [4.78, 5) is 0. The van der Waals surface area contributed by atoms with E-state index in [0.717, 1.165) is 22.6 Å². The van der Waals surface area contributed by atoms with Crippen molar-refractivity contribution in [3.05, 3.63) is 59.4 Å². The van der Waals surface area contributed by atoms with E-state index in [1.807, 2.05) is 38.1 Å². The van der Waals surface area contributed by atoms with Gasteiger partial charge in [-0.1, -0.05) is 17.7 Å². The van der Waals surface area contributed by atoms with Crippen molar-refractivity contribution in [2.45, 2.75) is 20.0 Å². The van der Waals surface area contributed by atoms with Crippen LogP contribution in [0.1, 0.15) is 11.1 Å². The Bertz CT molecular complexity index is 584. The highest BCUT2D eigenvalue weighted by molar-refractivity contribution is 5.50. The zero-order valence-electron chi connectivity index (χ0n) is 12.3. The lowest BCUT2D eigenvalue weighted by atomic mass is 10.2. The van der Waals surface area contributed by atoms with Crippen LogP contribution in [-0.4, -0.2) is 24.4 Å². The Morgan fingerprint density at radius 3 is 2.52 bits per heavy atom. The van der Waals surface area contributed by atoms with Crippen molar-refractivity contribution in [1.29, 1.82) is 0 Å². The third-order valence-corrected chi connectivity index (χ3v) is 3.18. The van der Waals surface area contributed by atoms with Crippen LogP contribution in [0.15, 0.2) is 42.5 Å². The first-order chi connectivity index (χ1) is 10.0. The van der Waals surface area contributed by atoms with E-state index in [0.29, 0.717) is 6.54 Å². The Labute approximate surface area is 124 Å². The van der Waals surface area contributed by atoms with Gasteiger partial charge >= 0.3 is 0 Å². The van der Waals surface area contributed by atoms with Crippen molar-refractivity contribution in [2.75, 3.05) is 18.5 Å². The van der Waals surface area contributed by atoms with Crippen LogP contribution in [-0.2, 0) is 0 Å². The molecule has 4 heteroatoms. The molecule has 2 rings (SSSR count). The number of benzene rings is 2. The van der Waals surface area contributed by atoms with Crippen molar-refractivity contribution in [3.63, 3.8) is 0 Å². The highest BCUT2D eigenvalue weighted by Crippen LogP contribution is 2.16. The van der Waals surface area contributed by atoms with Crippen LogP contribution in [0, 0.1) is 19.7 Å². The Morgan fingerprint density at radius 1 is 1.14 bits per heavy atom. The second kappa shape index (κ2) is 7.09. The minimum Gasteiger partial charge on any atom is -0.491 e. The van der Waals surface area contributed by atoms with Gasteiger partial charge < -0.3 is 15.2 Å². The van der Waals surface area contributed by atoms with E-state index in [4.69, 9.17) is 4.74 Å². The molecule has 0 saturated heterocycles. The Kier molecular flexibility index (Phi) is 5.17. The number of aliphatic hydroxyl groups excluding tert-OH is 1. The monoisotopic (exact) mass is 289 g/mol. The molecule has 2 aromatic rings. The van der Waals surface area contributed by atoms with Gasteiger partial charge in [0.05, 0.1) is 0 Å². The number of ether oxygens (including phenoxy) is 1. The highest BCUT2D eigenvalue weighted by atomic mass is 19.1. The van der Waals surface area contributed by atoms with Crippen molar-refractivity contribution >= 4 is 5.69 Å². The first-order valence-corrected chi connectivity index (χ1v) is 6.92. The molecular formula is C17H20FNO2.